The van der Waals surface area contributed by atoms with Crippen LogP contribution >= 0.6 is 15.9 Å². The number of piperidine rings is 1. The summed E-state index contributed by atoms with van der Waals surface area (Å²) in [6.07, 6.45) is 2.22. The average molecular weight is 340 g/mol. The van der Waals surface area contributed by atoms with Crippen molar-refractivity contribution in [2.24, 2.45) is 11.3 Å². The van der Waals surface area contributed by atoms with Gasteiger partial charge in [-0.3, -0.25) is 4.79 Å². The second-order valence-electron chi connectivity index (χ2n) is 5.97. The molecule has 20 heavy (non-hydrogen) atoms. The highest BCUT2D eigenvalue weighted by molar-refractivity contribution is 9.10. The largest absolute Gasteiger partial charge is 0.460 e. The molecule has 1 N–H and O–H groups in total. The van der Waals surface area contributed by atoms with E-state index in [-0.39, 0.29) is 5.97 Å². The average Bonchev–Trinajstić information content (AvgIpc) is 2.45. The van der Waals surface area contributed by atoms with Crippen LogP contribution in [0.4, 0.5) is 0 Å². The van der Waals surface area contributed by atoms with Crippen molar-refractivity contribution in [3.63, 3.8) is 0 Å². The van der Waals surface area contributed by atoms with E-state index in [1.54, 1.807) is 0 Å². The van der Waals surface area contributed by atoms with Crippen LogP contribution in [0.2, 0.25) is 0 Å². The number of carbonyl (C=O) groups excluding carboxylic acids is 1. The molecule has 0 spiro atoms. The molecule has 3 nitrogen and oxygen atoms in total. The van der Waals surface area contributed by atoms with Crippen molar-refractivity contribution in [2.45, 2.75) is 33.3 Å². The monoisotopic (exact) mass is 339 g/mol. The van der Waals surface area contributed by atoms with Crippen molar-refractivity contribution in [3.05, 3.63) is 34.3 Å². The van der Waals surface area contributed by atoms with Crippen LogP contribution in [0, 0.1) is 11.3 Å². The molecule has 1 fully saturated rings. The quantitative estimate of drug-likeness (QED) is 0.853. The Bertz CT molecular complexity index is 467. The molecular weight excluding hydrogens is 318 g/mol. The second kappa shape index (κ2) is 6.72. The summed E-state index contributed by atoms with van der Waals surface area (Å²) in [6, 6.07) is 7.85. The van der Waals surface area contributed by atoms with Crippen molar-refractivity contribution in [2.75, 3.05) is 13.1 Å². The molecule has 0 bridgehead atoms. The minimum Gasteiger partial charge on any atom is -0.460 e. The lowest BCUT2D eigenvalue weighted by Crippen LogP contribution is -2.43. The molecule has 1 heterocycles. The van der Waals surface area contributed by atoms with Gasteiger partial charge in [0.05, 0.1) is 5.41 Å². The molecule has 1 aliphatic rings. The second-order valence-corrected chi connectivity index (χ2v) is 6.89. The van der Waals surface area contributed by atoms with Crippen molar-refractivity contribution in [3.8, 4) is 0 Å². The van der Waals surface area contributed by atoms with E-state index in [4.69, 9.17) is 4.74 Å². The normalized spacial score (nSPS) is 19.6. The number of nitrogens with one attached hydrogen (secondary N) is 1. The van der Waals surface area contributed by atoms with E-state index in [2.05, 4.69) is 21.2 Å². The number of ether oxygens (including phenoxy) is 1. The van der Waals surface area contributed by atoms with Gasteiger partial charge in [-0.15, -0.1) is 0 Å². The van der Waals surface area contributed by atoms with Gasteiger partial charge in [0.1, 0.15) is 6.61 Å². The van der Waals surface area contributed by atoms with Crippen LogP contribution in [-0.4, -0.2) is 19.1 Å². The van der Waals surface area contributed by atoms with Gasteiger partial charge >= 0.3 is 5.97 Å². The van der Waals surface area contributed by atoms with Gasteiger partial charge in [-0.1, -0.05) is 28.1 Å². The molecule has 1 atom stereocenters. The van der Waals surface area contributed by atoms with Gasteiger partial charge in [0.2, 0.25) is 0 Å². The van der Waals surface area contributed by atoms with E-state index < -0.39 is 5.41 Å². The molecule has 0 aliphatic carbocycles. The van der Waals surface area contributed by atoms with E-state index in [0.29, 0.717) is 12.5 Å². The van der Waals surface area contributed by atoms with Crippen molar-refractivity contribution in [1.82, 2.24) is 5.32 Å². The zero-order chi connectivity index (χ0) is 14.6. The highest BCUT2D eigenvalue weighted by Gasteiger charge is 2.38. The molecule has 1 aliphatic heterocycles. The lowest BCUT2D eigenvalue weighted by Gasteiger charge is -2.35. The van der Waals surface area contributed by atoms with E-state index in [0.717, 1.165) is 36.0 Å². The number of esters is 1. The van der Waals surface area contributed by atoms with Crippen molar-refractivity contribution in [1.29, 1.82) is 0 Å². The number of benzene rings is 1. The molecule has 1 saturated heterocycles. The molecule has 4 heteroatoms. The van der Waals surface area contributed by atoms with Gasteiger partial charge in [0.25, 0.3) is 0 Å². The Labute approximate surface area is 129 Å². The van der Waals surface area contributed by atoms with Crippen LogP contribution < -0.4 is 5.32 Å². The maximum Gasteiger partial charge on any atom is 0.312 e. The van der Waals surface area contributed by atoms with E-state index >= 15 is 0 Å². The van der Waals surface area contributed by atoms with Gasteiger partial charge in [-0.25, -0.2) is 0 Å². The van der Waals surface area contributed by atoms with Crippen LogP contribution in [0.1, 0.15) is 32.3 Å². The first kappa shape index (κ1) is 15.5. The third kappa shape index (κ3) is 3.83. The molecule has 0 amide bonds. The molecule has 110 valence electrons. The van der Waals surface area contributed by atoms with Crippen molar-refractivity contribution >= 4 is 21.9 Å². The SMILES string of the molecule is CC(C)(C(=O)OCc1cccc(Br)c1)C1CCCNC1. The van der Waals surface area contributed by atoms with Gasteiger partial charge in [0.15, 0.2) is 0 Å². The van der Waals surface area contributed by atoms with Crippen LogP contribution in [0.15, 0.2) is 28.7 Å². The highest BCUT2D eigenvalue weighted by Crippen LogP contribution is 2.33. The Balaban J connectivity index is 1.93. The van der Waals surface area contributed by atoms with Crippen LogP contribution in [0.25, 0.3) is 0 Å². The molecule has 0 saturated carbocycles. The summed E-state index contributed by atoms with van der Waals surface area (Å²) in [4.78, 5) is 12.4. The predicted molar refractivity (Wildman–Crippen MR) is 83.3 cm³/mol. The third-order valence-electron chi connectivity index (χ3n) is 4.10. The summed E-state index contributed by atoms with van der Waals surface area (Å²) in [5, 5.41) is 3.36. The van der Waals surface area contributed by atoms with Gasteiger partial charge in [-0.05, 0) is 63.4 Å². The summed E-state index contributed by atoms with van der Waals surface area (Å²) >= 11 is 3.42. The third-order valence-corrected chi connectivity index (χ3v) is 4.60. The Morgan fingerprint density at radius 1 is 1.50 bits per heavy atom. The minimum absolute atomic E-state index is 0.105. The number of rotatable bonds is 4. The minimum atomic E-state index is -0.431. The first-order chi connectivity index (χ1) is 9.50. The topological polar surface area (TPSA) is 38.3 Å². The zero-order valence-corrected chi connectivity index (χ0v) is 13.7. The zero-order valence-electron chi connectivity index (χ0n) is 12.1. The number of hydrogen-bond acceptors (Lipinski definition) is 3. The maximum atomic E-state index is 12.4. The summed E-state index contributed by atoms with van der Waals surface area (Å²) in [6.45, 7) is 6.28. The summed E-state index contributed by atoms with van der Waals surface area (Å²) in [7, 11) is 0. The molecule has 1 aromatic carbocycles. The Morgan fingerprint density at radius 2 is 2.30 bits per heavy atom. The van der Waals surface area contributed by atoms with Gasteiger partial charge in [0, 0.05) is 4.47 Å². The molecule has 0 aromatic heterocycles. The predicted octanol–water partition coefficient (Wildman–Crippen LogP) is 3.52. The van der Waals surface area contributed by atoms with Crippen LogP contribution in [0.3, 0.4) is 0 Å². The Morgan fingerprint density at radius 3 is 2.95 bits per heavy atom. The van der Waals surface area contributed by atoms with Crippen LogP contribution in [0.5, 0.6) is 0 Å². The molecular formula is C16H22BrNO2. The lowest BCUT2D eigenvalue weighted by atomic mass is 9.75. The lowest BCUT2D eigenvalue weighted by molar-refractivity contribution is -0.159. The fraction of sp³-hybridized carbons (Fsp3) is 0.562. The van der Waals surface area contributed by atoms with Gasteiger partial charge in [-0.2, -0.15) is 0 Å². The standard InChI is InChI=1S/C16H22BrNO2/c1-16(2,13-6-4-8-18-10-13)15(19)20-11-12-5-3-7-14(17)9-12/h3,5,7,9,13,18H,4,6,8,10-11H2,1-2H3. The summed E-state index contributed by atoms with van der Waals surface area (Å²) in [5.74, 6) is 0.248. The van der Waals surface area contributed by atoms with E-state index in [1.807, 2.05) is 38.1 Å². The number of halogens is 1. The van der Waals surface area contributed by atoms with E-state index in [1.165, 1.54) is 0 Å². The first-order valence-electron chi connectivity index (χ1n) is 7.12. The highest BCUT2D eigenvalue weighted by atomic mass is 79.9. The molecule has 1 aromatic rings. The number of carbonyl (C=O) groups is 1. The maximum absolute atomic E-state index is 12.4. The van der Waals surface area contributed by atoms with E-state index in [9.17, 15) is 4.79 Å². The summed E-state index contributed by atoms with van der Waals surface area (Å²) in [5.41, 5.74) is 0.574. The summed E-state index contributed by atoms with van der Waals surface area (Å²) < 4.78 is 6.52. The molecule has 0 radical (unpaired) electrons. The fourth-order valence-corrected chi connectivity index (χ4v) is 3.04. The van der Waals surface area contributed by atoms with Gasteiger partial charge < -0.3 is 10.1 Å². The Hall–Kier alpha value is -0.870. The molecule has 2 rings (SSSR count). The molecule has 1 unspecified atom stereocenters. The van der Waals surface area contributed by atoms with Crippen molar-refractivity contribution < 1.29 is 9.53 Å². The first-order valence-corrected chi connectivity index (χ1v) is 7.92. The van der Waals surface area contributed by atoms with Crippen LogP contribution in [-0.2, 0) is 16.1 Å². The fourth-order valence-electron chi connectivity index (χ4n) is 2.60. The Kier molecular flexibility index (Phi) is 5.22. The smallest absolute Gasteiger partial charge is 0.312 e. The number of hydrogen-bond donors (Lipinski definition) is 1.